The molecule has 6 nitrogen and oxygen atoms in total. The van der Waals surface area contributed by atoms with Gasteiger partial charge in [0, 0.05) is 5.56 Å². The summed E-state index contributed by atoms with van der Waals surface area (Å²) in [6.07, 6.45) is 6.78. The summed E-state index contributed by atoms with van der Waals surface area (Å²) in [6.45, 7) is 4.43. The highest BCUT2D eigenvalue weighted by Crippen LogP contribution is 2.37. The average molecular weight is 358 g/mol. The van der Waals surface area contributed by atoms with Crippen molar-refractivity contribution in [3.63, 3.8) is 0 Å². The Balaban J connectivity index is 1.71. The summed E-state index contributed by atoms with van der Waals surface area (Å²) in [6, 6.07) is 13.1. The quantitative estimate of drug-likeness (QED) is 0.661. The predicted octanol–water partition coefficient (Wildman–Crippen LogP) is 2.98. The normalized spacial score (nSPS) is 15.6. The summed E-state index contributed by atoms with van der Waals surface area (Å²) in [5, 5.41) is 4.20. The second-order valence-corrected chi connectivity index (χ2v) is 6.47. The van der Waals surface area contributed by atoms with Crippen LogP contribution >= 0.6 is 0 Å². The number of nitrogens with zero attached hydrogens (tertiary/aromatic N) is 4. The van der Waals surface area contributed by atoms with Gasteiger partial charge in [-0.2, -0.15) is 0 Å². The molecule has 6 heteroatoms. The molecule has 1 aliphatic heterocycles. The lowest BCUT2D eigenvalue weighted by Gasteiger charge is -2.34. The van der Waals surface area contributed by atoms with Gasteiger partial charge in [-0.3, -0.25) is 4.79 Å². The molecule has 1 aliphatic rings. The summed E-state index contributed by atoms with van der Waals surface area (Å²) in [4.78, 5) is 19.1. The van der Waals surface area contributed by atoms with Gasteiger partial charge in [0.15, 0.2) is 0 Å². The summed E-state index contributed by atoms with van der Waals surface area (Å²) in [5.41, 5.74) is 3.08. The Kier molecular flexibility index (Phi) is 4.13. The molecular formula is C21H18N4O2. The maximum atomic E-state index is 13.3. The van der Waals surface area contributed by atoms with Crippen LogP contribution in [-0.2, 0) is 0 Å². The van der Waals surface area contributed by atoms with Crippen molar-refractivity contribution in [3.05, 3.63) is 65.7 Å². The third-order valence-electron chi connectivity index (χ3n) is 4.46. The highest BCUT2D eigenvalue weighted by Gasteiger charge is 2.29. The van der Waals surface area contributed by atoms with E-state index < -0.39 is 0 Å². The van der Waals surface area contributed by atoms with Crippen molar-refractivity contribution in [1.82, 2.24) is 14.8 Å². The fourth-order valence-electron chi connectivity index (χ4n) is 3.18. The van der Waals surface area contributed by atoms with Crippen molar-refractivity contribution in [2.75, 3.05) is 11.4 Å². The number of para-hydroxylation sites is 1. The number of carbonyl (C=O) groups excluding carboxylic acids is 1. The first-order chi connectivity index (χ1) is 13.1. The number of amides is 1. The molecule has 1 atom stereocenters. The van der Waals surface area contributed by atoms with Crippen LogP contribution in [0.2, 0.25) is 0 Å². The number of terminal acetylenes is 1. The lowest BCUT2D eigenvalue weighted by Crippen LogP contribution is -2.42. The molecule has 1 aromatic heterocycles. The first-order valence-electron chi connectivity index (χ1n) is 8.63. The highest BCUT2D eigenvalue weighted by molar-refractivity contribution is 6.07. The van der Waals surface area contributed by atoms with Gasteiger partial charge in [0.1, 0.15) is 18.2 Å². The van der Waals surface area contributed by atoms with E-state index in [0.717, 1.165) is 22.7 Å². The number of fused-ring (bicyclic) bond motifs is 1. The Hall–Kier alpha value is -3.59. The van der Waals surface area contributed by atoms with Crippen molar-refractivity contribution in [3.8, 4) is 23.8 Å². The third kappa shape index (κ3) is 3.04. The molecule has 0 saturated heterocycles. The Bertz CT molecular complexity index is 1060. The maximum Gasteiger partial charge on any atom is 0.258 e. The zero-order chi connectivity index (χ0) is 19.0. The van der Waals surface area contributed by atoms with Crippen molar-refractivity contribution in [2.45, 2.75) is 20.0 Å². The molecule has 4 rings (SSSR count). The fourth-order valence-corrected chi connectivity index (χ4v) is 3.18. The Labute approximate surface area is 157 Å². The molecule has 2 heterocycles. The minimum Gasteiger partial charge on any atom is -0.486 e. The van der Waals surface area contributed by atoms with Crippen LogP contribution in [0.1, 0.15) is 28.7 Å². The van der Waals surface area contributed by atoms with Gasteiger partial charge in [0.05, 0.1) is 17.9 Å². The van der Waals surface area contributed by atoms with Gasteiger partial charge in [0.2, 0.25) is 5.82 Å². The summed E-state index contributed by atoms with van der Waals surface area (Å²) < 4.78 is 7.51. The number of hydrogen-bond donors (Lipinski definition) is 0. The van der Waals surface area contributed by atoms with E-state index >= 15 is 0 Å². The molecule has 0 bridgehead atoms. The Morgan fingerprint density at radius 2 is 2.11 bits per heavy atom. The molecule has 0 aliphatic carbocycles. The minimum absolute atomic E-state index is 0.0840. The van der Waals surface area contributed by atoms with E-state index in [1.165, 1.54) is 6.33 Å². The van der Waals surface area contributed by atoms with Gasteiger partial charge in [-0.05, 0) is 49.6 Å². The monoisotopic (exact) mass is 358 g/mol. The number of benzene rings is 2. The number of anilines is 1. The van der Waals surface area contributed by atoms with E-state index in [1.54, 1.807) is 21.7 Å². The lowest BCUT2D eigenvalue weighted by molar-refractivity contribution is 0.0961. The zero-order valence-electron chi connectivity index (χ0n) is 15.1. The van der Waals surface area contributed by atoms with E-state index in [4.69, 9.17) is 11.2 Å². The van der Waals surface area contributed by atoms with Crippen LogP contribution < -0.4 is 9.64 Å². The molecule has 0 unspecified atom stereocenters. The number of carbonyl (C=O) groups is 1. The number of aryl methyl sites for hydroxylation is 1. The van der Waals surface area contributed by atoms with Gasteiger partial charge in [0.25, 0.3) is 5.91 Å². The van der Waals surface area contributed by atoms with Crippen LogP contribution in [0.25, 0.3) is 5.69 Å². The summed E-state index contributed by atoms with van der Waals surface area (Å²) in [7, 11) is 0. The van der Waals surface area contributed by atoms with Crippen molar-refractivity contribution < 1.29 is 9.53 Å². The summed E-state index contributed by atoms with van der Waals surface area (Å²) >= 11 is 0. The van der Waals surface area contributed by atoms with Crippen LogP contribution in [0.3, 0.4) is 0 Å². The van der Waals surface area contributed by atoms with Gasteiger partial charge in [-0.1, -0.05) is 18.2 Å². The fraction of sp³-hybridized carbons (Fsp3) is 0.190. The van der Waals surface area contributed by atoms with Crippen LogP contribution in [0, 0.1) is 19.3 Å². The largest absolute Gasteiger partial charge is 0.486 e. The van der Waals surface area contributed by atoms with E-state index in [9.17, 15) is 4.79 Å². The van der Waals surface area contributed by atoms with E-state index in [2.05, 4.69) is 16.0 Å². The number of ether oxygens (including phenoxy) is 1. The molecule has 0 radical (unpaired) electrons. The van der Waals surface area contributed by atoms with Crippen LogP contribution in [0.15, 0.2) is 48.8 Å². The Morgan fingerprint density at radius 3 is 2.89 bits per heavy atom. The molecule has 2 aromatic carbocycles. The van der Waals surface area contributed by atoms with E-state index in [0.29, 0.717) is 17.9 Å². The van der Waals surface area contributed by atoms with E-state index in [-0.39, 0.29) is 12.0 Å². The third-order valence-corrected chi connectivity index (χ3v) is 4.46. The molecule has 27 heavy (non-hydrogen) atoms. The maximum absolute atomic E-state index is 13.3. The second-order valence-electron chi connectivity index (χ2n) is 6.47. The minimum atomic E-state index is -0.0869. The van der Waals surface area contributed by atoms with Crippen molar-refractivity contribution in [1.29, 1.82) is 0 Å². The molecule has 134 valence electrons. The zero-order valence-corrected chi connectivity index (χ0v) is 15.1. The average Bonchev–Trinajstić information content (AvgIpc) is 3.17. The lowest BCUT2D eigenvalue weighted by atomic mass is 10.1. The van der Waals surface area contributed by atoms with Gasteiger partial charge >= 0.3 is 0 Å². The molecule has 0 N–H and O–H groups in total. The van der Waals surface area contributed by atoms with E-state index in [1.807, 2.05) is 44.2 Å². The van der Waals surface area contributed by atoms with Crippen LogP contribution in [0.5, 0.6) is 5.75 Å². The van der Waals surface area contributed by atoms with Crippen LogP contribution in [0.4, 0.5) is 5.69 Å². The molecule has 0 saturated carbocycles. The van der Waals surface area contributed by atoms with Crippen molar-refractivity contribution >= 4 is 11.6 Å². The molecule has 3 aromatic rings. The molecular weight excluding hydrogens is 340 g/mol. The SMILES string of the molecule is C#Cc1ncn(-c2cccc(C(=O)N3C[C@H](C)Oc4c(C)cccc43)c2)n1. The number of rotatable bonds is 2. The smallest absolute Gasteiger partial charge is 0.258 e. The standard InChI is InChI=1S/C21H18N4O2/c1-4-19-22-13-25(23-19)17-9-6-8-16(11-17)21(26)24-12-15(3)27-20-14(2)7-5-10-18(20)24/h1,5-11,13,15H,12H2,2-3H3/t15-/m0/s1. The summed E-state index contributed by atoms with van der Waals surface area (Å²) in [5.74, 6) is 3.37. The van der Waals surface area contributed by atoms with Gasteiger partial charge < -0.3 is 9.64 Å². The van der Waals surface area contributed by atoms with Crippen LogP contribution in [-0.4, -0.2) is 33.3 Å². The Morgan fingerprint density at radius 1 is 1.30 bits per heavy atom. The molecule has 0 spiro atoms. The van der Waals surface area contributed by atoms with Gasteiger partial charge in [-0.25, -0.2) is 9.67 Å². The molecule has 0 fully saturated rings. The number of aromatic nitrogens is 3. The van der Waals surface area contributed by atoms with Gasteiger partial charge in [-0.15, -0.1) is 11.5 Å². The highest BCUT2D eigenvalue weighted by atomic mass is 16.5. The first-order valence-corrected chi connectivity index (χ1v) is 8.63. The number of hydrogen-bond acceptors (Lipinski definition) is 4. The van der Waals surface area contributed by atoms with Crippen molar-refractivity contribution in [2.24, 2.45) is 0 Å². The molecule has 1 amide bonds. The predicted molar refractivity (Wildman–Crippen MR) is 102 cm³/mol. The second kappa shape index (κ2) is 6.61. The first kappa shape index (κ1) is 16.9. The topological polar surface area (TPSA) is 60.2 Å².